The van der Waals surface area contributed by atoms with Gasteiger partial charge in [-0.3, -0.25) is 9.59 Å². The molecule has 10 nitrogen and oxygen atoms in total. The van der Waals surface area contributed by atoms with Crippen LogP contribution in [0.15, 0.2) is 5.11 Å². The molecule has 0 amide bonds. The van der Waals surface area contributed by atoms with E-state index in [2.05, 4.69) is 10.0 Å². The molecule has 0 saturated heterocycles. The monoisotopic (exact) mass is 305 g/mol. The van der Waals surface area contributed by atoms with E-state index in [0.29, 0.717) is 26.4 Å². The van der Waals surface area contributed by atoms with Crippen LogP contribution in [0.25, 0.3) is 10.4 Å². The molecule has 0 aromatic rings. The molecule has 120 valence electrons. The van der Waals surface area contributed by atoms with Crippen molar-refractivity contribution in [1.29, 1.82) is 0 Å². The van der Waals surface area contributed by atoms with Crippen molar-refractivity contribution in [1.82, 2.24) is 0 Å². The largest absolute Gasteiger partial charge is 0.481 e. The molecule has 0 fully saturated rings. The number of azide groups is 1. The Morgan fingerprint density at radius 3 is 1.90 bits per heavy atom. The first-order chi connectivity index (χ1) is 10.1. The van der Waals surface area contributed by atoms with Crippen LogP contribution in [-0.2, 0) is 23.8 Å². The molecule has 0 heterocycles. The van der Waals surface area contributed by atoms with Crippen LogP contribution in [0.5, 0.6) is 0 Å². The summed E-state index contributed by atoms with van der Waals surface area (Å²) in [5, 5.41) is 20.5. The first-order valence-corrected chi connectivity index (χ1v) is 6.29. The van der Waals surface area contributed by atoms with Gasteiger partial charge in [0.1, 0.15) is 0 Å². The highest BCUT2D eigenvalue weighted by Crippen LogP contribution is 2.03. The Labute approximate surface area is 121 Å². The topological polar surface area (TPSA) is 151 Å². The number of aliphatic carboxylic acids is 2. The summed E-state index contributed by atoms with van der Waals surface area (Å²) < 4.78 is 15.3. The van der Waals surface area contributed by atoms with Gasteiger partial charge in [-0.2, -0.15) is 0 Å². The standard InChI is InChI=1S/C11H19N3O7/c12-14-13-2-4-20-6-8-21-7-5-19-3-1-9(10(15)16)11(17)18/h9H,1-8H2,(H,15,16)(H,17,18). The summed E-state index contributed by atoms with van der Waals surface area (Å²) in [6.45, 7) is 1.89. The van der Waals surface area contributed by atoms with Crippen LogP contribution in [0, 0.1) is 5.92 Å². The van der Waals surface area contributed by atoms with E-state index in [9.17, 15) is 9.59 Å². The zero-order chi connectivity index (χ0) is 15.9. The van der Waals surface area contributed by atoms with Gasteiger partial charge >= 0.3 is 11.9 Å². The van der Waals surface area contributed by atoms with Gasteiger partial charge in [-0.1, -0.05) is 5.11 Å². The second-order valence-corrected chi connectivity index (χ2v) is 3.81. The van der Waals surface area contributed by atoms with Gasteiger partial charge in [0, 0.05) is 18.1 Å². The minimum Gasteiger partial charge on any atom is -0.481 e. The van der Waals surface area contributed by atoms with Crippen LogP contribution < -0.4 is 0 Å². The average molecular weight is 305 g/mol. The van der Waals surface area contributed by atoms with E-state index < -0.39 is 17.9 Å². The Kier molecular flexibility index (Phi) is 12.0. The molecule has 0 atom stereocenters. The molecule has 0 saturated carbocycles. The molecule has 2 N–H and O–H groups in total. The summed E-state index contributed by atoms with van der Waals surface area (Å²) in [4.78, 5) is 23.7. The van der Waals surface area contributed by atoms with Crippen LogP contribution in [0.2, 0.25) is 0 Å². The van der Waals surface area contributed by atoms with Gasteiger partial charge in [-0.25, -0.2) is 0 Å². The fourth-order valence-electron chi connectivity index (χ4n) is 1.25. The highest BCUT2D eigenvalue weighted by atomic mass is 16.5. The first-order valence-electron chi connectivity index (χ1n) is 6.29. The number of carboxylic acid groups (broad SMARTS) is 2. The molecule has 0 bridgehead atoms. The van der Waals surface area contributed by atoms with Crippen LogP contribution in [0.1, 0.15) is 6.42 Å². The summed E-state index contributed by atoms with van der Waals surface area (Å²) in [7, 11) is 0. The Balaban J connectivity index is 3.34. The van der Waals surface area contributed by atoms with Crippen LogP contribution >= 0.6 is 0 Å². The smallest absolute Gasteiger partial charge is 0.317 e. The lowest BCUT2D eigenvalue weighted by Crippen LogP contribution is -2.25. The third-order valence-electron chi connectivity index (χ3n) is 2.29. The lowest BCUT2D eigenvalue weighted by atomic mass is 10.1. The van der Waals surface area contributed by atoms with E-state index in [1.807, 2.05) is 0 Å². The van der Waals surface area contributed by atoms with Crippen molar-refractivity contribution >= 4 is 11.9 Å². The first kappa shape index (κ1) is 19.1. The third-order valence-corrected chi connectivity index (χ3v) is 2.29. The molecule has 0 rings (SSSR count). The summed E-state index contributed by atoms with van der Waals surface area (Å²) >= 11 is 0. The molecule has 0 aliphatic carbocycles. The summed E-state index contributed by atoms with van der Waals surface area (Å²) in [5.41, 5.74) is 8.00. The summed E-state index contributed by atoms with van der Waals surface area (Å²) in [5.74, 6) is -4.20. The molecule has 10 heteroatoms. The second kappa shape index (κ2) is 13.1. The second-order valence-electron chi connectivity index (χ2n) is 3.81. The molecule has 0 unspecified atom stereocenters. The van der Waals surface area contributed by atoms with E-state index >= 15 is 0 Å². The quantitative estimate of drug-likeness (QED) is 0.156. The fourth-order valence-corrected chi connectivity index (χ4v) is 1.25. The number of carboxylic acids is 2. The van der Waals surface area contributed by atoms with Crippen molar-refractivity contribution in [2.45, 2.75) is 6.42 Å². The van der Waals surface area contributed by atoms with E-state index in [1.54, 1.807) is 0 Å². The van der Waals surface area contributed by atoms with Gasteiger partial charge in [0.2, 0.25) is 0 Å². The number of carbonyl (C=O) groups is 2. The van der Waals surface area contributed by atoms with E-state index in [-0.39, 0.29) is 26.2 Å². The Hall–Kier alpha value is -1.87. The van der Waals surface area contributed by atoms with E-state index in [4.69, 9.17) is 30.0 Å². The van der Waals surface area contributed by atoms with Gasteiger partial charge in [0.15, 0.2) is 5.92 Å². The Morgan fingerprint density at radius 2 is 1.43 bits per heavy atom. The SMILES string of the molecule is [N-]=[N+]=NCCOCCOCCOCCC(C(=O)O)C(=O)O. The summed E-state index contributed by atoms with van der Waals surface area (Å²) in [6.07, 6.45) is -0.0901. The van der Waals surface area contributed by atoms with Crippen molar-refractivity contribution in [3.63, 3.8) is 0 Å². The fraction of sp³-hybridized carbons (Fsp3) is 0.818. The summed E-state index contributed by atoms with van der Waals surface area (Å²) in [6, 6.07) is 0. The molecular weight excluding hydrogens is 286 g/mol. The van der Waals surface area contributed by atoms with E-state index in [0.717, 1.165) is 0 Å². The van der Waals surface area contributed by atoms with Crippen molar-refractivity contribution in [2.24, 2.45) is 11.0 Å². The van der Waals surface area contributed by atoms with E-state index in [1.165, 1.54) is 0 Å². The van der Waals surface area contributed by atoms with Crippen LogP contribution in [0.3, 0.4) is 0 Å². The minimum atomic E-state index is -1.45. The highest BCUT2D eigenvalue weighted by molar-refractivity contribution is 5.92. The molecule has 0 aliphatic rings. The predicted octanol–water partition coefficient (Wildman–Crippen LogP) is 0.522. The van der Waals surface area contributed by atoms with Crippen LogP contribution in [-0.4, -0.2) is 68.3 Å². The lowest BCUT2D eigenvalue weighted by Gasteiger charge is -2.08. The van der Waals surface area contributed by atoms with Gasteiger partial charge in [-0.05, 0) is 12.0 Å². The normalized spacial score (nSPS) is 10.3. The van der Waals surface area contributed by atoms with Crippen molar-refractivity contribution in [3.8, 4) is 0 Å². The molecule has 0 radical (unpaired) electrons. The zero-order valence-corrected chi connectivity index (χ0v) is 11.5. The molecule has 0 spiro atoms. The molecule has 0 aromatic carbocycles. The maximum atomic E-state index is 10.6. The third kappa shape index (κ3) is 11.6. The van der Waals surface area contributed by atoms with Crippen LogP contribution in [0.4, 0.5) is 0 Å². The van der Waals surface area contributed by atoms with Gasteiger partial charge < -0.3 is 24.4 Å². The molecule has 0 aromatic heterocycles. The number of nitrogens with zero attached hydrogens (tertiary/aromatic N) is 3. The number of ether oxygens (including phenoxy) is 3. The number of hydrogen-bond donors (Lipinski definition) is 2. The molecule has 21 heavy (non-hydrogen) atoms. The van der Waals surface area contributed by atoms with Crippen molar-refractivity contribution in [2.75, 3.05) is 46.2 Å². The molecule has 0 aliphatic heterocycles. The van der Waals surface area contributed by atoms with Gasteiger partial charge in [-0.15, -0.1) is 0 Å². The average Bonchev–Trinajstić information content (AvgIpc) is 2.43. The number of hydrogen-bond acceptors (Lipinski definition) is 6. The van der Waals surface area contributed by atoms with Gasteiger partial charge in [0.05, 0.1) is 33.0 Å². The Morgan fingerprint density at radius 1 is 0.952 bits per heavy atom. The predicted molar refractivity (Wildman–Crippen MR) is 69.8 cm³/mol. The van der Waals surface area contributed by atoms with Gasteiger partial charge in [0.25, 0.3) is 0 Å². The lowest BCUT2D eigenvalue weighted by molar-refractivity contribution is -0.155. The maximum absolute atomic E-state index is 10.6. The zero-order valence-electron chi connectivity index (χ0n) is 11.5. The highest BCUT2D eigenvalue weighted by Gasteiger charge is 2.24. The Bertz CT molecular complexity index is 344. The van der Waals surface area contributed by atoms with Crippen molar-refractivity contribution < 1.29 is 34.0 Å². The molecular formula is C11H19N3O7. The number of rotatable bonds is 14. The maximum Gasteiger partial charge on any atom is 0.317 e. The minimum absolute atomic E-state index is 0.0370. The van der Waals surface area contributed by atoms with Crippen molar-refractivity contribution in [3.05, 3.63) is 10.4 Å².